The number of piperazine rings is 1. The fraction of sp³-hybridized carbons (Fsp3) is 0.412. The van der Waals surface area contributed by atoms with Crippen LogP contribution in [-0.4, -0.2) is 65.8 Å². The van der Waals surface area contributed by atoms with Gasteiger partial charge in [-0.15, -0.1) is 0 Å². The summed E-state index contributed by atoms with van der Waals surface area (Å²) in [6.45, 7) is 6.05. The van der Waals surface area contributed by atoms with Crippen molar-refractivity contribution in [2.45, 2.75) is 6.92 Å². The molecule has 0 aromatic heterocycles. The maximum atomic E-state index is 12.2. The van der Waals surface area contributed by atoms with Crippen LogP contribution in [-0.2, 0) is 4.79 Å². The Morgan fingerprint density at radius 2 is 2.08 bits per heavy atom. The number of rotatable bonds is 3. The van der Waals surface area contributed by atoms with Gasteiger partial charge in [0.1, 0.15) is 0 Å². The van der Waals surface area contributed by atoms with Crippen molar-refractivity contribution in [3.8, 4) is 11.5 Å². The van der Waals surface area contributed by atoms with Crippen LogP contribution in [0.25, 0.3) is 6.08 Å². The highest BCUT2D eigenvalue weighted by molar-refractivity contribution is 8.18. The normalized spacial score (nSPS) is 20.6. The van der Waals surface area contributed by atoms with Crippen molar-refractivity contribution in [3.05, 3.63) is 28.7 Å². The standard InChI is InChI=1S/C17H21N3O3S/c1-3-23-14-10-12(4-5-13(14)21)11-15-16(22)18-17(24-15)20-8-6-19(2)7-9-20/h4-5,10-11,21H,3,6-9H2,1-2H3/b15-11+. The molecule has 0 bridgehead atoms. The van der Waals surface area contributed by atoms with Gasteiger partial charge in [-0.25, -0.2) is 0 Å². The summed E-state index contributed by atoms with van der Waals surface area (Å²) in [6, 6.07) is 5.06. The lowest BCUT2D eigenvalue weighted by Crippen LogP contribution is -2.46. The molecular weight excluding hydrogens is 326 g/mol. The molecule has 3 rings (SSSR count). The maximum Gasteiger partial charge on any atom is 0.286 e. The minimum absolute atomic E-state index is 0.0961. The zero-order valence-corrected chi connectivity index (χ0v) is 14.7. The largest absolute Gasteiger partial charge is 0.504 e. The number of benzene rings is 1. The number of carbonyl (C=O) groups excluding carboxylic acids is 1. The van der Waals surface area contributed by atoms with E-state index in [1.807, 2.05) is 6.92 Å². The summed E-state index contributed by atoms with van der Waals surface area (Å²) in [5, 5.41) is 10.5. The van der Waals surface area contributed by atoms with E-state index < -0.39 is 0 Å². The van der Waals surface area contributed by atoms with Crippen LogP contribution in [0.4, 0.5) is 0 Å². The number of aliphatic imine (C=N–C) groups is 1. The molecule has 2 aliphatic rings. The van der Waals surface area contributed by atoms with Gasteiger partial charge in [-0.1, -0.05) is 6.07 Å². The van der Waals surface area contributed by atoms with Crippen LogP contribution >= 0.6 is 11.8 Å². The van der Waals surface area contributed by atoms with Crippen molar-refractivity contribution in [3.63, 3.8) is 0 Å². The molecule has 7 heteroatoms. The minimum atomic E-state index is -0.208. The lowest BCUT2D eigenvalue weighted by molar-refractivity contribution is -0.113. The fourth-order valence-corrected chi connectivity index (χ4v) is 3.54. The van der Waals surface area contributed by atoms with Gasteiger partial charge in [-0.2, -0.15) is 4.99 Å². The van der Waals surface area contributed by atoms with Gasteiger partial charge < -0.3 is 19.6 Å². The van der Waals surface area contributed by atoms with Crippen molar-refractivity contribution in [2.24, 2.45) is 4.99 Å². The Hall–Kier alpha value is -1.99. The van der Waals surface area contributed by atoms with Crippen LogP contribution in [0.2, 0.25) is 0 Å². The van der Waals surface area contributed by atoms with Gasteiger partial charge in [0.2, 0.25) is 0 Å². The van der Waals surface area contributed by atoms with Gasteiger partial charge in [0.25, 0.3) is 5.91 Å². The van der Waals surface area contributed by atoms with Crippen LogP contribution < -0.4 is 4.74 Å². The van der Waals surface area contributed by atoms with E-state index in [2.05, 4.69) is 21.8 Å². The number of amides is 1. The summed E-state index contributed by atoms with van der Waals surface area (Å²) >= 11 is 1.41. The second-order valence-corrected chi connectivity index (χ2v) is 6.77. The number of phenolic OH excluding ortho intramolecular Hbond substituents is 1. The first-order valence-electron chi connectivity index (χ1n) is 7.98. The van der Waals surface area contributed by atoms with E-state index in [1.165, 1.54) is 11.8 Å². The smallest absolute Gasteiger partial charge is 0.286 e. The third-order valence-electron chi connectivity index (χ3n) is 3.96. The zero-order chi connectivity index (χ0) is 17.1. The van der Waals surface area contributed by atoms with E-state index in [0.717, 1.165) is 36.9 Å². The molecule has 0 unspecified atom stereocenters. The molecule has 1 saturated heterocycles. The summed E-state index contributed by atoms with van der Waals surface area (Å²) in [5.74, 6) is 0.307. The zero-order valence-electron chi connectivity index (χ0n) is 13.9. The first-order valence-corrected chi connectivity index (χ1v) is 8.80. The van der Waals surface area contributed by atoms with Crippen LogP contribution in [0, 0.1) is 0 Å². The van der Waals surface area contributed by atoms with E-state index >= 15 is 0 Å². The first kappa shape index (κ1) is 16.9. The van der Waals surface area contributed by atoms with Gasteiger partial charge in [-0.05, 0) is 49.5 Å². The monoisotopic (exact) mass is 347 g/mol. The fourth-order valence-electron chi connectivity index (χ4n) is 2.57. The molecule has 1 fully saturated rings. The van der Waals surface area contributed by atoms with E-state index in [9.17, 15) is 9.90 Å². The SMILES string of the molecule is CCOc1cc(/C=C2/SC(N3CCN(C)CC3)=NC2=O)ccc1O. The van der Waals surface area contributed by atoms with E-state index in [1.54, 1.807) is 24.3 Å². The molecule has 1 aromatic carbocycles. The highest BCUT2D eigenvalue weighted by Gasteiger charge is 2.27. The Morgan fingerprint density at radius 3 is 2.79 bits per heavy atom. The van der Waals surface area contributed by atoms with Crippen molar-refractivity contribution in [2.75, 3.05) is 39.8 Å². The van der Waals surface area contributed by atoms with Crippen LogP contribution in [0.5, 0.6) is 11.5 Å². The molecule has 0 radical (unpaired) electrons. The molecule has 0 spiro atoms. The summed E-state index contributed by atoms with van der Waals surface area (Å²) < 4.78 is 5.38. The first-order chi connectivity index (χ1) is 11.6. The molecule has 0 aliphatic carbocycles. The summed E-state index contributed by atoms with van der Waals surface area (Å²) in [7, 11) is 2.10. The molecule has 128 valence electrons. The molecule has 0 saturated carbocycles. The summed E-state index contributed by atoms with van der Waals surface area (Å²) in [5.41, 5.74) is 0.807. The minimum Gasteiger partial charge on any atom is -0.504 e. The topological polar surface area (TPSA) is 65.4 Å². The number of nitrogens with zero attached hydrogens (tertiary/aromatic N) is 3. The Balaban J connectivity index is 1.73. The number of hydrogen-bond acceptors (Lipinski definition) is 6. The Kier molecular flexibility index (Phi) is 5.11. The lowest BCUT2D eigenvalue weighted by Gasteiger charge is -2.32. The summed E-state index contributed by atoms with van der Waals surface area (Å²) in [6.07, 6.45) is 1.79. The summed E-state index contributed by atoms with van der Waals surface area (Å²) in [4.78, 5) is 21.4. The van der Waals surface area contributed by atoms with Gasteiger partial charge in [0, 0.05) is 26.2 Å². The predicted molar refractivity (Wildman–Crippen MR) is 96.4 cm³/mol. The molecule has 1 amide bonds. The van der Waals surface area contributed by atoms with Crippen LogP contribution in [0.3, 0.4) is 0 Å². The van der Waals surface area contributed by atoms with Gasteiger partial charge in [0.05, 0.1) is 11.5 Å². The molecule has 24 heavy (non-hydrogen) atoms. The third kappa shape index (κ3) is 3.73. The third-order valence-corrected chi connectivity index (χ3v) is 5.01. The molecule has 2 heterocycles. The molecular formula is C17H21N3O3S. The quantitative estimate of drug-likeness (QED) is 0.844. The molecule has 0 atom stereocenters. The van der Waals surface area contributed by atoms with E-state index in [-0.39, 0.29) is 11.7 Å². The molecule has 1 aromatic rings. The van der Waals surface area contributed by atoms with E-state index in [4.69, 9.17) is 4.74 Å². The number of likely N-dealkylation sites (N-methyl/N-ethyl adjacent to an activating group) is 1. The second-order valence-electron chi connectivity index (χ2n) is 5.76. The van der Waals surface area contributed by atoms with Crippen LogP contribution in [0.1, 0.15) is 12.5 Å². The maximum absolute atomic E-state index is 12.2. The average molecular weight is 347 g/mol. The second kappa shape index (κ2) is 7.27. The number of aromatic hydroxyl groups is 1. The van der Waals surface area contributed by atoms with Gasteiger partial charge in [-0.3, -0.25) is 4.79 Å². The van der Waals surface area contributed by atoms with Gasteiger partial charge >= 0.3 is 0 Å². The number of phenols is 1. The number of carbonyl (C=O) groups is 1. The van der Waals surface area contributed by atoms with Crippen molar-refractivity contribution < 1.29 is 14.6 Å². The number of thioether (sulfide) groups is 1. The highest BCUT2D eigenvalue weighted by Crippen LogP contribution is 2.33. The van der Waals surface area contributed by atoms with Crippen molar-refractivity contribution in [1.82, 2.24) is 9.80 Å². The van der Waals surface area contributed by atoms with E-state index in [0.29, 0.717) is 17.3 Å². The van der Waals surface area contributed by atoms with Gasteiger partial charge in [0.15, 0.2) is 16.7 Å². The Morgan fingerprint density at radius 1 is 1.33 bits per heavy atom. The van der Waals surface area contributed by atoms with Crippen molar-refractivity contribution >= 4 is 28.9 Å². The molecule has 6 nitrogen and oxygen atoms in total. The predicted octanol–water partition coefficient (Wildman–Crippen LogP) is 2.01. The van der Waals surface area contributed by atoms with Crippen LogP contribution in [0.15, 0.2) is 28.1 Å². The molecule has 2 aliphatic heterocycles. The Labute approximate surface area is 145 Å². The lowest BCUT2D eigenvalue weighted by atomic mass is 10.2. The number of hydrogen-bond donors (Lipinski definition) is 1. The number of amidine groups is 1. The molecule has 1 N–H and O–H groups in total. The van der Waals surface area contributed by atoms with Crippen molar-refractivity contribution in [1.29, 1.82) is 0 Å². The average Bonchev–Trinajstić information content (AvgIpc) is 2.92. The number of ether oxygens (including phenoxy) is 1. The highest BCUT2D eigenvalue weighted by atomic mass is 32.2. The Bertz CT molecular complexity index is 694.